The van der Waals surface area contributed by atoms with Crippen LogP contribution in [0, 0.1) is 0 Å². The Balaban J connectivity index is 2.45. The van der Waals surface area contributed by atoms with E-state index in [4.69, 9.17) is 11.6 Å². The SMILES string of the molecule is CC(C)c1nc(Cl)cc(NCCCN(C)C(C)C)n1. The first-order valence-electron chi connectivity index (χ1n) is 6.88. The normalized spacial score (nSPS) is 11.6. The fourth-order valence-electron chi connectivity index (χ4n) is 1.59. The Kier molecular flexibility index (Phi) is 6.52. The highest BCUT2D eigenvalue weighted by Crippen LogP contribution is 2.16. The number of hydrogen-bond donors (Lipinski definition) is 1. The lowest BCUT2D eigenvalue weighted by molar-refractivity contribution is 0.273. The molecule has 1 rings (SSSR count). The molecule has 0 atom stereocenters. The van der Waals surface area contributed by atoms with Crippen LogP contribution < -0.4 is 5.32 Å². The van der Waals surface area contributed by atoms with Crippen molar-refractivity contribution >= 4 is 17.4 Å². The van der Waals surface area contributed by atoms with Gasteiger partial charge in [0.2, 0.25) is 0 Å². The van der Waals surface area contributed by atoms with Gasteiger partial charge in [0.25, 0.3) is 0 Å². The summed E-state index contributed by atoms with van der Waals surface area (Å²) in [7, 11) is 2.14. The van der Waals surface area contributed by atoms with Crippen molar-refractivity contribution in [3.05, 3.63) is 17.0 Å². The summed E-state index contributed by atoms with van der Waals surface area (Å²) in [5.41, 5.74) is 0. The first-order chi connectivity index (χ1) is 8.90. The van der Waals surface area contributed by atoms with Crippen molar-refractivity contribution in [3.63, 3.8) is 0 Å². The van der Waals surface area contributed by atoms with Crippen LogP contribution >= 0.6 is 11.6 Å². The largest absolute Gasteiger partial charge is 0.370 e. The number of hydrogen-bond acceptors (Lipinski definition) is 4. The molecule has 0 saturated carbocycles. The van der Waals surface area contributed by atoms with Crippen molar-refractivity contribution in [2.24, 2.45) is 0 Å². The summed E-state index contributed by atoms with van der Waals surface area (Å²) >= 11 is 6.00. The fourth-order valence-corrected chi connectivity index (χ4v) is 1.78. The topological polar surface area (TPSA) is 41.1 Å². The molecule has 0 unspecified atom stereocenters. The van der Waals surface area contributed by atoms with Gasteiger partial charge in [0.05, 0.1) is 0 Å². The molecule has 19 heavy (non-hydrogen) atoms. The molecule has 0 spiro atoms. The molecule has 1 N–H and O–H groups in total. The minimum atomic E-state index is 0.284. The Labute approximate surface area is 121 Å². The minimum Gasteiger partial charge on any atom is -0.370 e. The molecule has 1 aromatic heterocycles. The van der Waals surface area contributed by atoms with E-state index in [1.54, 1.807) is 6.07 Å². The Morgan fingerprint density at radius 1 is 1.26 bits per heavy atom. The maximum Gasteiger partial charge on any atom is 0.135 e. The quantitative estimate of drug-likeness (QED) is 0.615. The van der Waals surface area contributed by atoms with Gasteiger partial charge in [-0.05, 0) is 33.9 Å². The van der Waals surface area contributed by atoms with Crippen LogP contribution in [0.25, 0.3) is 0 Å². The van der Waals surface area contributed by atoms with Crippen LogP contribution in [0.1, 0.15) is 45.9 Å². The molecule has 0 radical (unpaired) electrons. The summed E-state index contributed by atoms with van der Waals surface area (Å²) in [6.07, 6.45) is 1.08. The van der Waals surface area contributed by atoms with Crippen LogP contribution in [0.2, 0.25) is 5.15 Å². The Bertz CT molecular complexity index is 393. The second-order valence-corrected chi connectivity index (χ2v) is 5.83. The molecule has 0 fully saturated rings. The van der Waals surface area contributed by atoms with E-state index >= 15 is 0 Å². The van der Waals surface area contributed by atoms with E-state index in [1.807, 2.05) is 0 Å². The zero-order chi connectivity index (χ0) is 14.4. The molecular formula is C14H25ClN4. The summed E-state index contributed by atoms with van der Waals surface area (Å²) in [5, 5.41) is 3.81. The maximum absolute atomic E-state index is 6.00. The molecular weight excluding hydrogens is 260 g/mol. The highest BCUT2D eigenvalue weighted by atomic mass is 35.5. The fraction of sp³-hybridized carbons (Fsp3) is 0.714. The lowest BCUT2D eigenvalue weighted by atomic mass is 10.2. The van der Waals surface area contributed by atoms with Crippen molar-refractivity contribution in [3.8, 4) is 0 Å². The van der Waals surface area contributed by atoms with Gasteiger partial charge in [-0.15, -0.1) is 0 Å². The zero-order valence-corrected chi connectivity index (χ0v) is 13.3. The van der Waals surface area contributed by atoms with Gasteiger partial charge in [0, 0.05) is 24.6 Å². The third kappa shape index (κ3) is 5.74. The van der Waals surface area contributed by atoms with E-state index in [9.17, 15) is 0 Å². The molecule has 0 aliphatic heterocycles. The summed E-state index contributed by atoms with van der Waals surface area (Å²) in [5.74, 6) is 1.89. The van der Waals surface area contributed by atoms with Crippen molar-refractivity contribution < 1.29 is 0 Å². The summed E-state index contributed by atoms with van der Waals surface area (Å²) in [4.78, 5) is 11.0. The molecule has 108 valence electrons. The lowest BCUT2D eigenvalue weighted by Gasteiger charge is -2.20. The number of nitrogens with zero attached hydrogens (tertiary/aromatic N) is 3. The Morgan fingerprint density at radius 2 is 1.95 bits per heavy atom. The molecule has 0 aliphatic rings. The summed E-state index contributed by atoms with van der Waals surface area (Å²) in [6.45, 7) is 10.5. The predicted octanol–water partition coefficient (Wildman–Crippen LogP) is 3.40. The van der Waals surface area contributed by atoms with E-state index < -0.39 is 0 Å². The first-order valence-corrected chi connectivity index (χ1v) is 7.26. The highest BCUT2D eigenvalue weighted by Gasteiger charge is 2.07. The Morgan fingerprint density at radius 3 is 2.53 bits per heavy atom. The molecule has 0 aliphatic carbocycles. The third-order valence-electron chi connectivity index (χ3n) is 3.10. The monoisotopic (exact) mass is 284 g/mol. The van der Waals surface area contributed by atoms with E-state index in [-0.39, 0.29) is 5.92 Å². The molecule has 0 aromatic carbocycles. The average Bonchev–Trinajstić information content (AvgIpc) is 2.33. The number of aromatic nitrogens is 2. The van der Waals surface area contributed by atoms with Crippen LogP contribution in [0.3, 0.4) is 0 Å². The van der Waals surface area contributed by atoms with Gasteiger partial charge in [-0.25, -0.2) is 9.97 Å². The first kappa shape index (κ1) is 16.2. The van der Waals surface area contributed by atoms with Crippen LogP contribution in [0.15, 0.2) is 6.07 Å². The summed E-state index contributed by atoms with van der Waals surface area (Å²) < 4.78 is 0. The van der Waals surface area contributed by atoms with Crippen LogP contribution in [0.5, 0.6) is 0 Å². The van der Waals surface area contributed by atoms with E-state index in [2.05, 4.69) is 54.9 Å². The molecule has 0 bridgehead atoms. The van der Waals surface area contributed by atoms with Crippen molar-refractivity contribution in [2.45, 2.75) is 46.1 Å². The minimum absolute atomic E-state index is 0.284. The molecule has 4 nitrogen and oxygen atoms in total. The number of anilines is 1. The summed E-state index contributed by atoms with van der Waals surface area (Å²) in [6, 6.07) is 2.36. The van der Waals surface area contributed by atoms with Gasteiger partial charge in [-0.2, -0.15) is 0 Å². The predicted molar refractivity (Wildman–Crippen MR) is 82.0 cm³/mol. The van der Waals surface area contributed by atoms with Crippen LogP contribution in [-0.4, -0.2) is 41.0 Å². The van der Waals surface area contributed by atoms with E-state index in [0.29, 0.717) is 11.2 Å². The number of halogens is 1. The number of rotatable bonds is 7. The van der Waals surface area contributed by atoms with E-state index in [0.717, 1.165) is 31.2 Å². The second-order valence-electron chi connectivity index (χ2n) is 5.44. The second kappa shape index (κ2) is 7.65. The van der Waals surface area contributed by atoms with E-state index in [1.165, 1.54) is 0 Å². The average molecular weight is 285 g/mol. The number of nitrogens with one attached hydrogen (secondary N) is 1. The van der Waals surface area contributed by atoms with Crippen molar-refractivity contribution in [1.29, 1.82) is 0 Å². The van der Waals surface area contributed by atoms with Crippen molar-refractivity contribution in [2.75, 3.05) is 25.5 Å². The molecule has 0 saturated heterocycles. The zero-order valence-electron chi connectivity index (χ0n) is 12.6. The van der Waals surface area contributed by atoms with Gasteiger partial charge in [0.15, 0.2) is 0 Å². The standard InChI is InChI=1S/C14H25ClN4/c1-10(2)14-17-12(15)9-13(18-14)16-7-6-8-19(5)11(3)4/h9-11H,6-8H2,1-5H3,(H,16,17,18). The molecule has 5 heteroatoms. The third-order valence-corrected chi connectivity index (χ3v) is 3.30. The lowest BCUT2D eigenvalue weighted by Crippen LogP contribution is -2.28. The smallest absolute Gasteiger partial charge is 0.135 e. The van der Waals surface area contributed by atoms with Gasteiger partial charge in [-0.3, -0.25) is 0 Å². The molecule has 1 aromatic rings. The van der Waals surface area contributed by atoms with Gasteiger partial charge in [0.1, 0.15) is 16.8 Å². The maximum atomic E-state index is 6.00. The highest BCUT2D eigenvalue weighted by molar-refractivity contribution is 6.29. The van der Waals surface area contributed by atoms with Gasteiger partial charge < -0.3 is 10.2 Å². The molecule has 1 heterocycles. The molecule has 0 amide bonds. The van der Waals surface area contributed by atoms with Crippen molar-refractivity contribution in [1.82, 2.24) is 14.9 Å². The van der Waals surface area contributed by atoms with Crippen LogP contribution in [0.4, 0.5) is 5.82 Å². The van der Waals surface area contributed by atoms with Gasteiger partial charge >= 0.3 is 0 Å². The van der Waals surface area contributed by atoms with Crippen LogP contribution in [-0.2, 0) is 0 Å². The Hall–Kier alpha value is -0.870. The van der Waals surface area contributed by atoms with Gasteiger partial charge in [-0.1, -0.05) is 25.4 Å².